The minimum atomic E-state index is -0.0707. The molecule has 5 rings (SSSR count). The lowest BCUT2D eigenvalue weighted by molar-refractivity contribution is 0.319. The van der Waals surface area contributed by atoms with Crippen LogP contribution in [0.25, 0.3) is 33.1 Å². The zero-order chi connectivity index (χ0) is 20.8. The highest BCUT2D eigenvalue weighted by atomic mass is 16.5. The zero-order valence-corrected chi connectivity index (χ0v) is 17.6. The molecule has 0 saturated heterocycles. The average Bonchev–Trinajstić information content (AvgIpc) is 3.26. The molecule has 0 aliphatic heterocycles. The number of rotatable bonds is 4. The Bertz CT molecular complexity index is 1270. The van der Waals surface area contributed by atoms with Gasteiger partial charge in [0.2, 0.25) is 0 Å². The number of fused-ring (bicyclic) bond motifs is 3. The summed E-state index contributed by atoms with van der Waals surface area (Å²) < 4.78 is 13.0. The highest BCUT2D eigenvalue weighted by molar-refractivity contribution is 6.04. The highest BCUT2D eigenvalue weighted by Gasteiger charge is 2.21. The van der Waals surface area contributed by atoms with Gasteiger partial charge in [-0.25, -0.2) is 4.79 Å². The van der Waals surface area contributed by atoms with Crippen LogP contribution in [0, 0.1) is 19.8 Å². The highest BCUT2D eigenvalue weighted by Crippen LogP contribution is 2.38. The van der Waals surface area contributed by atoms with Crippen molar-refractivity contribution in [3.05, 3.63) is 40.3 Å². The van der Waals surface area contributed by atoms with E-state index >= 15 is 0 Å². The molecule has 0 bridgehead atoms. The number of nitrogens with zero attached hydrogens (tertiary/aromatic N) is 3. The van der Waals surface area contributed by atoms with Crippen molar-refractivity contribution in [2.45, 2.75) is 52.5 Å². The van der Waals surface area contributed by atoms with Gasteiger partial charge in [0.1, 0.15) is 11.5 Å². The summed E-state index contributed by atoms with van der Waals surface area (Å²) in [5.74, 6) is 1.99. The minimum absolute atomic E-state index is 0.0707. The van der Waals surface area contributed by atoms with E-state index in [0.29, 0.717) is 11.7 Å². The van der Waals surface area contributed by atoms with Gasteiger partial charge in [-0.3, -0.25) is 9.55 Å². The number of aromatic amines is 1. The van der Waals surface area contributed by atoms with Crippen molar-refractivity contribution in [1.29, 1.82) is 0 Å². The van der Waals surface area contributed by atoms with Crippen molar-refractivity contribution < 1.29 is 9.26 Å². The number of H-pyrrole nitrogens is 1. The van der Waals surface area contributed by atoms with Crippen LogP contribution in [0.5, 0.6) is 5.75 Å². The Hall–Kier alpha value is -3.09. The van der Waals surface area contributed by atoms with Gasteiger partial charge in [0.15, 0.2) is 0 Å². The third-order valence-electron chi connectivity index (χ3n) is 6.39. The monoisotopic (exact) mass is 406 g/mol. The van der Waals surface area contributed by atoms with Crippen molar-refractivity contribution in [3.63, 3.8) is 0 Å². The number of hydrogen-bond acceptors (Lipinski definition) is 5. The summed E-state index contributed by atoms with van der Waals surface area (Å²) in [4.78, 5) is 20.4. The summed E-state index contributed by atoms with van der Waals surface area (Å²) >= 11 is 0. The van der Waals surface area contributed by atoms with Gasteiger partial charge in [0.05, 0.1) is 41.1 Å². The molecule has 1 aromatic carbocycles. The zero-order valence-electron chi connectivity index (χ0n) is 17.6. The maximum Gasteiger partial charge on any atom is 0.326 e. The molecule has 1 fully saturated rings. The van der Waals surface area contributed by atoms with Gasteiger partial charge in [-0.1, -0.05) is 24.4 Å². The smallest absolute Gasteiger partial charge is 0.326 e. The number of pyridine rings is 1. The summed E-state index contributed by atoms with van der Waals surface area (Å²) in [7, 11) is 1.66. The second-order valence-corrected chi connectivity index (χ2v) is 8.33. The Balaban J connectivity index is 1.72. The molecule has 0 amide bonds. The summed E-state index contributed by atoms with van der Waals surface area (Å²) in [5, 5.41) is 4.99. The van der Waals surface area contributed by atoms with Crippen LogP contribution in [0.3, 0.4) is 0 Å². The van der Waals surface area contributed by atoms with Crippen molar-refractivity contribution >= 4 is 21.9 Å². The Labute approximate surface area is 174 Å². The summed E-state index contributed by atoms with van der Waals surface area (Å²) in [6.45, 7) is 4.55. The maximum atomic E-state index is 12.8. The minimum Gasteiger partial charge on any atom is -0.496 e. The van der Waals surface area contributed by atoms with Crippen molar-refractivity contribution in [3.8, 4) is 16.9 Å². The molecule has 1 aliphatic carbocycles. The van der Waals surface area contributed by atoms with Crippen LogP contribution in [0.1, 0.15) is 43.6 Å². The third kappa shape index (κ3) is 3.00. The molecule has 0 radical (unpaired) electrons. The SMILES string of the molecule is COc1cc2c(cc1-c1c(C)noc1C)ncc1[nH]c(=O)n(CC3CCCCC3)c12. The number of benzene rings is 1. The second kappa shape index (κ2) is 7.31. The van der Waals surface area contributed by atoms with Crippen LogP contribution in [-0.4, -0.2) is 26.8 Å². The summed E-state index contributed by atoms with van der Waals surface area (Å²) in [6.07, 6.45) is 7.91. The van der Waals surface area contributed by atoms with Gasteiger partial charge >= 0.3 is 5.69 Å². The maximum absolute atomic E-state index is 12.8. The number of hydrogen-bond donors (Lipinski definition) is 1. The first-order chi connectivity index (χ1) is 14.6. The molecule has 156 valence electrons. The van der Waals surface area contributed by atoms with E-state index in [0.717, 1.165) is 51.1 Å². The van der Waals surface area contributed by atoms with Crippen LogP contribution < -0.4 is 10.4 Å². The molecule has 3 aromatic heterocycles. The molecule has 7 nitrogen and oxygen atoms in total. The molecule has 0 unspecified atom stereocenters. The number of imidazole rings is 1. The molecule has 0 spiro atoms. The summed E-state index contributed by atoms with van der Waals surface area (Å²) in [5.41, 5.74) is 5.03. The van der Waals surface area contributed by atoms with Crippen LogP contribution in [-0.2, 0) is 6.54 Å². The predicted molar refractivity (Wildman–Crippen MR) is 116 cm³/mol. The largest absolute Gasteiger partial charge is 0.496 e. The topological polar surface area (TPSA) is 85.9 Å². The van der Waals surface area contributed by atoms with E-state index in [2.05, 4.69) is 15.1 Å². The van der Waals surface area contributed by atoms with Crippen LogP contribution >= 0.6 is 0 Å². The first-order valence-corrected chi connectivity index (χ1v) is 10.6. The molecular weight excluding hydrogens is 380 g/mol. The molecule has 4 aromatic rings. The van der Waals surface area contributed by atoms with Crippen molar-refractivity contribution in [2.24, 2.45) is 5.92 Å². The molecular formula is C23H26N4O3. The Morgan fingerprint density at radius 1 is 1.23 bits per heavy atom. The molecule has 7 heteroatoms. The standard InChI is InChI=1S/C23H26N4O3/c1-13-21(14(2)30-26-13)17-9-18-16(10-20(17)29-3)22-19(11-24-18)25-23(28)27(22)12-15-7-5-4-6-8-15/h9-11,15H,4-8,12H2,1-3H3,(H,25,28). The summed E-state index contributed by atoms with van der Waals surface area (Å²) in [6, 6.07) is 3.99. The fraction of sp³-hybridized carbons (Fsp3) is 0.435. The lowest BCUT2D eigenvalue weighted by Crippen LogP contribution is -2.23. The van der Waals surface area contributed by atoms with Crippen molar-refractivity contribution in [1.82, 2.24) is 19.7 Å². The fourth-order valence-electron chi connectivity index (χ4n) is 4.91. The molecule has 1 N–H and O–H groups in total. The van der Waals surface area contributed by atoms with E-state index < -0.39 is 0 Å². The quantitative estimate of drug-likeness (QED) is 0.529. The Morgan fingerprint density at radius 3 is 2.73 bits per heavy atom. The van der Waals surface area contributed by atoms with E-state index in [1.54, 1.807) is 13.3 Å². The van der Waals surface area contributed by atoms with Crippen LogP contribution in [0.4, 0.5) is 0 Å². The number of aromatic nitrogens is 4. The van der Waals surface area contributed by atoms with Gasteiger partial charge in [-0.2, -0.15) is 0 Å². The first kappa shape index (κ1) is 18.9. The average molecular weight is 406 g/mol. The molecule has 3 heterocycles. The van der Waals surface area contributed by atoms with Crippen molar-refractivity contribution in [2.75, 3.05) is 7.11 Å². The first-order valence-electron chi connectivity index (χ1n) is 10.6. The van der Waals surface area contributed by atoms with E-state index in [1.807, 2.05) is 30.5 Å². The van der Waals surface area contributed by atoms with E-state index in [4.69, 9.17) is 9.26 Å². The molecule has 30 heavy (non-hydrogen) atoms. The number of methoxy groups -OCH3 is 1. The van der Waals surface area contributed by atoms with E-state index in [-0.39, 0.29) is 5.69 Å². The van der Waals surface area contributed by atoms with E-state index in [1.165, 1.54) is 32.1 Å². The molecule has 1 saturated carbocycles. The van der Waals surface area contributed by atoms with Crippen LogP contribution in [0.15, 0.2) is 27.6 Å². The number of ether oxygens (including phenoxy) is 1. The number of aryl methyl sites for hydroxylation is 2. The van der Waals surface area contributed by atoms with Gasteiger partial charge < -0.3 is 14.2 Å². The lowest BCUT2D eigenvalue weighted by Gasteiger charge is -2.22. The Morgan fingerprint density at radius 2 is 2.03 bits per heavy atom. The number of nitrogens with one attached hydrogen (secondary N) is 1. The van der Waals surface area contributed by atoms with E-state index in [9.17, 15) is 4.79 Å². The normalized spacial score (nSPS) is 15.3. The Kier molecular flexibility index (Phi) is 4.60. The van der Waals surface area contributed by atoms with Gasteiger partial charge in [-0.15, -0.1) is 0 Å². The van der Waals surface area contributed by atoms with Gasteiger partial charge in [0.25, 0.3) is 0 Å². The molecule has 1 aliphatic rings. The van der Waals surface area contributed by atoms with Gasteiger partial charge in [0, 0.05) is 17.5 Å². The fourth-order valence-corrected chi connectivity index (χ4v) is 4.91. The van der Waals surface area contributed by atoms with Crippen LogP contribution in [0.2, 0.25) is 0 Å². The van der Waals surface area contributed by atoms with Gasteiger partial charge in [-0.05, 0) is 44.7 Å². The second-order valence-electron chi connectivity index (χ2n) is 8.33. The molecule has 0 atom stereocenters. The third-order valence-corrected chi connectivity index (χ3v) is 6.39. The predicted octanol–water partition coefficient (Wildman–Crippen LogP) is 4.74. The lowest BCUT2D eigenvalue weighted by atomic mass is 9.89.